The van der Waals surface area contributed by atoms with Gasteiger partial charge >= 0.3 is 39.3 Å². The van der Waals surface area contributed by atoms with Crippen LogP contribution in [-0.2, 0) is 33.9 Å². The largest absolute Gasteiger partial charge is 0.468 e. The number of hydrogen-bond donors (Lipinski definition) is 1. The van der Waals surface area contributed by atoms with Crippen molar-refractivity contribution in [1.29, 1.82) is 0 Å². The lowest BCUT2D eigenvalue weighted by molar-refractivity contribution is -0.355. The predicted octanol–water partition coefficient (Wildman–Crippen LogP) is 1.89. The molecule has 15 heteroatoms. The van der Waals surface area contributed by atoms with Crippen molar-refractivity contribution in [3.05, 3.63) is 25.1 Å². The fourth-order valence-corrected chi connectivity index (χ4v) is 1.58. The van der Waals surface area contributed by atoms with E-state index in [4.69, 9.17) is 4.55 Å². The van der Waals surface area contributed by atoms with Gasteiger partial charge < -0.3 is 14.2 Å². The molecule has 0 rings (SSSR count). The Morgan fingerprint density at radius 3 is 2.04 bits per heavy atom. The molecule has 0 heterocycles. The smallest absolute Gasteiger partial charge is 0.456 e. The van der Waals surface area contributed by atoms with Crippen LogP contribution < -0.4 is 0 Å². The number of carbonyl (C=O) groups is 2. The van der Waals surface area contributed by atoms with Gasteiger partial charge in [0.1, 0.15) is 6.61 Å². The van der Waals surface area contributed by atoms with Crippen molar-refractivity contribution in [2.75, 3.05) is 13.2 Å². The van der Waals surface area contributed by atoms with Gasteiger partial charge in [-0.2, -0.15) is 34.8 Å². The maximum atomic E-state index is 13.3. The van der Waals surface area contributed by atoms with E-state index in [1.165, 1.54) is 0 Å². The second-order valence-corrected chi connectivity index (χ2v) is 6.05. The Hall–Kier alpha value is -2.13. The third-order valence-corrected chi connectivity index (χ3v) is 3.47. The normalized spacial score (nSPS) is 14.8. The summed E-state index contributed by atoms with van der Waals surface area (Å²) in [7, 11) is -6.03. The molecule has 8 nitrogen and oxygen atoms in total. The summed E-state index contributed by atoms with van der Waals surface area (Å²) in [5.41, 5.74) is 0. The molecule has 0 spiro atoms. The summed E-state index contributed by atoms with van der Waals surface area (Å²) in [5.74, 6) is -11.8. The van der Waals surface area contributed by atoms with Crippen LogP contribution in [-0.4, -0.2) is 55.3 Å². The molecule has 0 amide bonds. The lowest BCUT2D eigenvalue weighted by Gasteiger charge is -2.32. The van der Waals surface area contributed by atoms with Gasteiger partial charge in [-0.3, -0.25) is 4.55 Å². The highest BCUT2D eigenvalue weighted by Crippen LogP contribution is 2.38. The molecule has 156 valence electrons. The number of rotatable bonds is 10. The standard InChI is InChI=1S/C12H12F6O8S/c1-3-5-24-9(20)11(12(16,17)18,26-8(19)7(2)13)25-6-4-10(14,15)27(21,22)23/h3H,1-2,4-6H2,(H,21,22,23). The zero-order chi connectivity index (χ0) is 21.7. The molecule has 0 aromatic rings. The van der Waals surface area contributed by atoms with Crippen LogP contribution in [0.1, 0.15) is 6.42 Å². The molecule has 1 unspecified atom stereocenters. The monoisotopic (exact) mass is 430 g/mol. The number of ether oxygens (including phenoxy) is 3. The molecular formula is C12H12F6O8S. The molecule has 0 aliphatic carbocycles. The Morgan fingerprint density at radius 1 is 1.15 bits per heavy atom. The third kappa shape index (κ3) is 6.21. The fraction of sp³-hybridized carbons (Fsp3) is 0.500. The predicted molar refractivity (Wildman–Crippen MR) is 73.3 cm³/mol. The van der Waals surface area contributed by atoms with E-state index in [1.807, 2.05) is 0 Å². The van der Waals surface area contributed by atoms with Crippen molar-refractivity contribution in [2.45, 2.75) is 23.6 Å². The summed E-state index contributed by atoms with van der Waals surface area (Å²) in [6.45, 7) is 2.56. The Labute approximate surface area is 148 Å². The van der Waals surface area contributed by atoms with Crippen LogP contribution in [0, 0.1) is 0 Å². The molecule has 0 radical (unpaired) electrons. The summed E-state index contributed by atoms with van der Waals surface area (Å²) in [6, 6.07) is 0. The topological polar surface area (TPSA) is 116 Å². The minimum Gasteiger partial charge on any atom is -0.456 e. The number of alkyl halides is 5. The Balaban J connectivity index is 5.85. The first kappa shape index (κ1) is 24.9. The molecule has 1 atom stereocenters. The highest BCUT2D eigenvalue weighted by atomic mass is 32.2. The first-order chi connectivity index (χ1) is 12.0. The van der Waals surface area contributed by atoms with E-state index in [2.05, 4.69) is 27.4 Å². The Morgan fingerprint density at radius 2 is 1.67 bits per heavy atom. The molecule has 0 aromatic heterocycles. The van der Waals surface area contributed by atoms with Gasteiger partial charge in [-0.1, -0.05) is 19.2 Å². The molecule has 0 aromatic carbocycles. The van der Waals surface area contributed by atoms with Crippen LogP contribution in [0.3, 0.4) is 0 Å². The first-order valence-corrected chi connectivity index (χ1v) is 7.87. The second kappa shape index (κ2) is 8.71. The summed E-state index contributed by atoms with van der Waals surface area (Å²) < 4.78 is 119. The maximum Gasteiger partial charge on any atom is 0.468 e. The number of hydrogen-bond acceptors (Lipinski definition) is 7. The zero-order valence-electron chi connectivity index (χ0n) is 13.1. The van der Waals surface area contributed by atoms with Gasteiger partial charge in [0, 0.05) is 0 Å². The van der Waals surface area contributed by atoms with Crippen molar-refractivity contribution in [3.63, 3.8) is 0 Å². The van der Waals surface area contributed by atoms with E-state index in [0.717, 1.165) is 6.08 Å². The Kier molecular flexibility index (Phi) is 8.02. The van der Waals surface area contributed by atoms with Crippen molar-refractivity contribution >= 4 is 22.1 Å². The van der Waals surface area contributed by atoms with Gasteiger partial charge in [-0.15, -0.1) is 0 Å². The van der Waals surface area contributed by atoms with E-state index >= 15 is 0 Å². The van der Waals surface area contributed by atoms with Gasteiger partial charge in [0.25, 0.3) is 0 Å². The highest BCUT2D eigenvalue weighted by Gasteiger charge is 2.68. The van der Waals surface area contributed by atoms with Crippen LogP contribution in [0.4, 0.5) is 26.3 Å². The molecule has 0 saturated carbocycles. The first-order valence-electron chi connectivity index (χ1n) is 6.43. The molecule has 0 aliphatic heterocycles. The summed E-state index contributed by atoms with van der Waals surface area (Å²) in [6.07, 6.45) is -7.29. The van der Waals surface area contributed by atoms with Crippen molar-refractivity contribution in [1.82, 2.24) is 0 Å². The molecular weight excluding hydrogens is 418 g/mol. The van der Waals surface area contributed by atoms with E-state index in [-0.39, 0.29) is 0 Å². The lowest BCUT2D eigenvalue weighted by Crippen LogP contribution is -2.58. The van der Waals surface area contributed by atoms with Crippen LogP contribution in [0.5, 0.6) is 0 Å². The van der Waals surface area contributed by atoms with Gasteiger partial charge in [0.2, 0.25) is 5.83 Å². The van der Waals surface area contributed by atoms with Crippen molar-refractivity contribution in [3.8, 4) is 0 Å². The Bertz CT molecular complexity index is 701. The van der Waals surface area contributed by atoms with Crippen molar-refractivity contribution in [2.24, 2.45) is 0 Å². The van der Waals surface area contributed by atoms with E-state index in [9.17, 15) is 44.3 Å². The quantitative estimate of drug-likeness (QED) is 0.140. The van der Waals surface area contributed by atoms with E-state index in [0.29, 0.717) is 0 Å². The lowest BCUT2D eigenvalue weighted by atomic mass is 10.2. The van der Waals surface area contributed by atoms with Gasteiger partial charge in [-0.05, 0) is 0 Å². The van der Waals surface area contributed by atoms with Crippen LogP contribution in [0.25, 0.3) is 0 Å². The fourth-order valence-electron chi connectivity index (χ4n) is 1.24. The number of halogens is 6. The summed E-state index contributed by atoms with van der Waals surface area (Å²) in [5, 5.41) is -4.97. The average Bonchev–Trinajstić information content (AvgIpc) is 2.48. The zero-order valence-corrected chi connectivity index (χ0v) is 13.9. The minimum absolute atomic E-state index is 0.779. The molecule has 0 fully saturated rings. The minimum atomic E-state index is -6.03. The summed E-state index contributed by atoms with van der Waals surface area (Å²) in [4.78, 5) is 22.8. The van der Waals surface area contributed by atoms with E-state index in [1.54, 1.807) is 0 Å². The van der Waals surface area contributed by atoms with Crippen molar-refractivity contribution < 1.29 is 63.1 Å². The maximum absolute atomic E-state index is 13.3. The highest BCUT2D eigenvalue weighted by molar-refractivity contribution is 7.86. The van der Waals surface area contributed by atoms with Crippen LogP contribution >= 0.6 is 0 Å². The number of carbonyl (C=O) groups excluding carboxylic acids is 2. The van der Waals surface area contributed by atoms with Crippen LogP contribution in [0.2, 0.25) is 0 Å². The molecule has 0 aliphatic rings. The van der Waals surface area contributed by atoms with Crippen LogP contribution in [0.15, 0.2) is 25.1 Å². The molecule has 0 saturated heterocycles. The SMILES string of the molecule is C=CCOC(=O)C(OCCC(F)(F)S(=O)(=O)O)(OC(=O)C(=C)F)C(F)(F)F. The van der Waals surface area contributed by atoms with Gasteiger partial charge in [-0.25, -0.2) is 9.59 Å². The third-order valence-electron chi connectivity index (χ3n) is 2.51. The summed E-state index contributed by atoms with van der Waals surface area (Å²) >= 11 is 0. The average molecular weight is 430 g/mol. The second-order valence-electron chi connectivity index (χ2n) is 4.51. The van der Waals surface area contributed by atoms with Gasteiger partial charge in [0.05, 0.1) is 13.0 Å². The van der Waals surface area contributed by atoms with E-state index < -0.39 is 64.7 Å². The molecule has 0 bridgehead atoms. The number of esters is 2. The molecule has 1 N–H and O–H groups in total. The molecule has 27 heavy (non-hydrogen) atoms. The van der Waals surface area contributed by atoms with Gasteiger partial charge in [0.15, 0.2) is 0 Å².